The van der Waals surface area contributed by atoms with Crippen LogP contribution in [0.25, 0.3) is 0 Å². The van der Waals surface area contributed by atoms with Crippen molar-refractivity contribution in [2.75, 3.05) is 20.5 Å². The van der Waals surface area contributed by atoms with E-state index in [1.165, 1.54) is 19.3 Å². The summed E-state index contributed by atoms with van der Waals surface area (Å²) in [6.45, 7) is 4.38. The predicted molar refractivity (Wildman–Crippen MR) is 74.1 cm³/mol. The largest absolute Gasteiger partial charge is 0.392 e. The van der Waals surface area contributed by atoms with Crippen molar-refractivity contribution in [3.8, 4) is 11.8 Å². The number of methoxy groups -OCH3 is 1. The first-order chi connectivity index (χ1) is 8.74. The Balaban J connectivity index is 4.16. The Labute approximate surface area is 111 Å². The summed E-state index contributed by atoms with van der Waals surface area (Å²) < 4.78 is 10.4. The zero-order valence-corrected chi connectivity index (χ0v) is 11.9. The van der Waals surface area contributed by atoms with Crippen molar-refractivity contribution in [3.05, 3.63) is 11.6 Å². The van der Waals surface area contributed by atoms with Crippen molar-refractivity contribution < 1.29 is 14.6 Å². The Hall–Kier alpha value is -0.820. The van der Waals surface area contributed by atoms with Crippen LogP contribution in [0.15, 0.2) is 11.6 Å². The van der Waals surface area contributed by atoms with E-state index in [1.54, 1.807) is 13.2 Å². The molecule has 0 radical (unpaired) electrons. The molecule has 3 heteroatoms. The van der Waals surface area contributed by atoms with Crippen LogP contribution in [0.2, 0.25) is 0 Å². The minimum absolute atomic E-state index is 0.0284. The SMILES string of the molecule is CCCCCCC(C#C/C(C)=C\CO)OCOC. The number of rotatable bonds is 9. The number of hydrogen-bond donors (Lipinski definition) is 1. The Morgan fingerprint density at radius 1 is 1.33 bits per heavy atom. The van der Waals surface area contributed by atoms with E-state index < -0.39 is 0 Å². The Bertz CT molecular complexity index is 273. The monoisotopic (exact) mass is 254 g/mol. The van der Waals surface area contributed by atoms with Gasteiger partial charge in [0.2, 0.25) is 0 Å². The standard InChI is InChI=1S/C15H26O3/c1-4-5-6-7-8-15(18-13-17-3)10-9-14(2)11-12-16/h11,15-16H,4-8,12-13H2,1-3H3/b14-11-. The number of hydrogen-bond acceptors (Lipinski definition) is 3. The minimum Gasteiger partial charge on any atom is -0.392 e. The molecule has 0 heterocycles. The van der Waals surface area contributed by atoms with E-state index in [9.17, 15) is 0 Å². The molecule has 0 aliphatic carbocycles. The van der Waals surface area contributed by atoms with Crippen LogP contribution in [0.3, 0.4) is 0 Å². The second kappa shape index (κ2) is 12.6. The van der Waals surface area contributed by atoms with Gasteiger partial charge < -0.3 is 14.6 Å². The molecule has 0 aliphatic heterocycles. The maximum atomic E-state index is 8.75. The lowest BCUT2D eigenvalue weighted by atomic mass is 10.1. The smallest absolute Gasteiger partial charge is 0.148 e. The number of ether oxygens (including phenoxy) is 2. The molecule has 0 rings (SSSR count). The highest BCUT2D eigenvalue weighted by Gasteiger charge is 2.04. The van der Waals surface area contributed by atoms with Crippen molar-refractivity contribution in [1.29, 1.82) is 0 Å². The van der Waals surface area contributed by atoms with Gasteiger partial charge in [0, 0.05) is 7.11 Å². The molecule has 1 unspecified atom stereocenters. The maximum absolute atomic E-state index is 8.75. The molecule has 18 heavy (non-hydrogen) atoms. The van der Waals surface area contributed by atoms with Gasteiger partial charge >= 0.3 is 0 Å². The Kier molecular flexibility index (Phi) is 12.1. The number of aliphatic hydroxyl groups excluding tert-OH is 1. The number of allylic oxidation sites excluding steroid dienone is 1. The summed E-state index contributed by atoms with van der Waals surface area (Å²) >= 11 is 0. The van der Waals surface area contributed by atoms with E-state index in [0.717, 1.165) is 18.4 Å². The molecule has 0 amide bonds. The fourth-order valence-electron chi connectivity index (χ4n) is 1.49. The topological polar surface area (TPSA) is 38.7 Å². The van der Waals surface area contributed by atoms with E-state index in [1.807, 2.05) is 6.92 Å². The lowest BCUT2D eigenvalue weighted by Crippen LogP contribution is -2.12. The molecule has 0 aromatic heterocycles. The van der Waals surface area contributed by atoms with Crippen LogP contribution < -0.4 is 0 Å². The summed E-state index contributed by atoms with van der Waals surface area (Å²) in [6.07, 6.45) is 7.38. The third-order valence-corrected chi connectivity index (χ3v) is 2.53. The van der Waals surface area contributed by atoms with E-state index in [0.29, 0.717) is 0 Å². The van der Waals surface area contributed by atoms with Crippen molar-refractivity contribution in [2.45, 2.75) is 52.1 Å². The van der Waals surface area contributed by atoms with Crippen LogP contribution in [0, 0.1) is 11.8 Å². The Morgan fingerprint density at radius 3 is 2.72 bits per heavy atom. The lowest BCUT2D eigenvalue weighted by molar-refractivity contribution is -0.0548. The van der Waals surface area contributed by atoms with Crippen LogP contribution in [0.5, 0.6) is 0 Å². The molecule has 1 N–H and O–H groups in total. The van der Waals surface area contributed by atoms with Gasteiger partial charge in [-0.2, -0.15) is 0 Å². The molecule has 0 fully saturated rings. The highest BCUT2D eigenvalue weighted by molar-refractivity contribution is 5.27. The summed E-state index contributed by atoms with van der Waals surface area (Å²) in [7, 11) is 1.61. The zero-order chi connectivity index (χ0) is 13.6. The third kappa shape index (κ3) is 10.3. The second-order valence-corrected chi connectivity index (χ2v) is 4.25. The average Bonchev–Trinajstić information content (AvgIpc) is 2.37. The molecule has 3 nitrogen and oxygen atoms in total. The summed E-state index contributed by atoms with van der Waals surface area (Å²) in [5.74, 6) is 6.09. The molecule has 0 aromatic carbocycles. The van der Waals surface area contributed by atoms with E-state index in [-0.39, 0.29) is 19.5 Å². The van der Waals surface area contributed by atoms with Crippen molar-refractivity contribution in [1.82, 2.24) is 0 Å². The molecule has 0 saturated carbocycles. The summed E-state index contributed by atoms with van der Waals surface area (Å²) in [5.41, 5.74) is 0.872. The van der Waals surface area contributed by atoms with Crippen LogP contribution >= 0.6 is 0 Å². The molecule has 104 valence electrons. The van der Waals surface area contributed by atoms with Crippen LogP contribution in [-0.4, -0.2) is 31.7 Å². The van der Waals surface area contributed by atoms with Gasteiger partial charge in [0.1, 0.15) is 12.9 Å². The van der Waals surface area contributed by atoms with Gasteiger partial charge in [0.15, 0.2) is 0 Å². The van der Waals surface area contributed by atoms with E-state index >= 15 is 0 Å². The first-order valence-electron chi connectivity index (χ1n) is 6.64. The van der Waals surface area contributed by atoms with E-state index in [2.05, 4.69) is 18.8 Å². The molecule has 0 spiro atoms. The molecular weight excluding hydrogens is 228 g/mol. The van der Waals surface area contributed by atoms with Gasteiger partial charge in [-0.05, 0) is 31.4 Å². The van der Waals surface area contributed by atoms with Crippen molar-refractivity contribution in [2.24, 2.45) is 0 Å². The molecule has 0 saturated heterocycles. The fraction of sp³-hybridized carbons (Fsp3) is 0.733. The number of unbranched alkanes of at least 4 members (excludes halogenated alkanes) is 3. The normalized spacial score (nSPS) is 13.0. The van der Waals surface area contributed by atoms with Gasteiger partial charge in [0.25, 0.3) is 0 Å². The van der Waals surface area contributed by atoms with Crippen LogP contribution in [-0.2, 0) is 9.47 Å². The number of aliphatic hydroxyl groups is 1. The quantitative estimate of drug-likeness (QED) is 0.390. The Morgan fingerprint density at radius 2 is 2.11 bits per heavy atom. The lowest BCUT2D eigenvalue weighted by Gasteiger charge is -2.11. The summed E-state index contributed by atoms with van der Waals surface area (Å²) in [4.78, 5) is 0. The highest BCUT2D eigenvalue weighted by Crippen LogP contribution is 2.08. The predicted octanol–water partition coefficient (Wildman–Crippen LogP) is 2.89. The summed E-state index contributed by atoms with van der Waals surface area (Å²) in [5, 5.41) is 8.75. The first kappa shape index (κ1) is 17.2. The summed E-state index contributed by atoms with van der Waals surface area (Å²) in [6, 6.07) is 0. The minimum atomic E-state index is -0.0798. The van der Waals surface area contributed by atoms with Gasteiger partial charge in [-0.3, -0.25) is 0 Å². The van der Waals surface area contributed by atoms with Crippen LogP contribution in [0.1, 0.15) is 46.0 Å². The third-order valence-electron chi connectivity index (χ3n) is 2.53. The fourth-order valence-corrected chi connectivity index (χ4v) is 1.49. The second-order valence-electron chi connectivity index (χ2n) is 4.25. The first-order valence-corrected chi connectivity index (χ1v) is 6.64. The molecule has 0 aliphatic rings. The zero-order valence-electron chi connectivity index (χ0n) is 11.9. The van der Waals surface area contributed by atoms with Gasteiger partial charge in [-0.1, -0.05) is 38.0 Å². The van der Waals surface area contributed by atoms with Gasteiger partial charge in [-0.15, -0.1) is 0 Å². The molecule has 0 aromatic rings. The van der Waals surface area contributed by atoms with Gasteiger partial charge in [-0.25, -0.2) is 0 Å². The average molecular weight is 254 g/mol. The molecular formula is C15H26O3. The van der Waals surface area contributed by atoms with Crippen molar-refractivity contribution in [3.63, 3.8) is 0 Å². The van der Waals surface area contributed by atoms with Crippen LogP contribution in [0.4, 0.5) is 0 Å². The van der Waals surface area contributed by atoms with E-state index in [4.69, 9.17) is 14.6 Å². The van der Waals surface area contributed by atoms with Gasteiger partial charge in [0.05, 0.1) is 6.61 Å². The molecule has 1 atom stereocenters. The highest BCUT2D eigenvalue weighted by atomic mass is 16.7. The maximum Gasteiger partial charge on any atom is 0.148 e. The molecule has 0 bridgehead atoms. The van der Waals surface area contributed by atoms with Crippen molar-refractivity contribution >= 4 is 0 Å².